The molecule has 3 aliphatic rings. The molecule has 0 radical (unpaired) electrons. The van der Waals surface area contributed by atoms with Crippen LogP contribution in [0.2, 0.25) is 0 Å². The summed E-state index contributed by atoms with van der Waals surface area (Å²) in [5.74, 6) is 0.303. The van der Waals surface area contributed by atoms with Crippen LogP contribution in [0, 0.1) is 5.41 Å². The Hall–Kier alpha value is -2.88. The highest BCUT2D eigenvalue weighted by molar-refractivity contribution is 5.69. The standard InChI is InChI=1S/C25H30F3N5O2/c1-17-13-33(18(2)12-32(17)22-11-29-21(10-30-22)25(26,27)28)23(34)35-20-8-24(9-20)15-31(16-24)14-19-6-4-3-5-7-19/h3-7,10-11,17-18,20H,8-9,12-16H2,1-2H3/t17-,18+/m0/s1/i3D,4D,5D,6D,7D,14D/t14?,17-,18+. The zero-order chi connectivity index (χ0) is 30.0. The van der Waals surface area contributed by atoms with Crippen molar-refractivity contribution in [2.75, 3.05) is 31.1 Å². The topological polar surface area (TPSA) is 61.8 Å². The number of ether oxygens (including phenoxy) is 1. The fourth-order valence-corrected chi connectivity index (χ4v) is 5.19. The number of aromatic nitrogens is 2. The molecule has 35 heavy (non-hydrogen) atoms. The average Bonchev–Trinajstić information content (AvgIpc) is 2.87. The van der Waals surface area contributed by atoms with Crippen LogP contribution in [0.15, 0.2) is 42.6 Å². The Bertz CT molecular complexity index is 1310. The Morgan fingerprint density at radius 3 is 2.49 bits per heavy atom. The molecule has 5 rings (SSSR count). The van der Waals surface area contributed by atoms with Gasteiger partial charge in [0.25, 0.3) is 0 Å². The van der Waals surface area contributed by atoms with Crippen LogP contribution in [0.3, 0.4) is 0 Å². The van der Waals surface area contributed by atoms with Crippen molar-refractivity contribution in [1.82, 2.24) is 19.8 Å². The predicted octanol–water partition coefficient (Wildman–Crippen LogP) is 4.20. The molecule has 0 N–H and O–H groups in total. The van der Waals surface area contributed by atoms with E-state index in [2.05, 4.69) is 9.97 Å². The lowest BCUT2D eigenvalue weighted by atomic mass is 9.61. The number of hydrogen-bond donors (Lipinski definition) is 0. The van der Waals surface area contributed by atoms with E-state index in [1.54, 1.807) is 9.80 Å². The Labute approximate surface area is 211 Å². The summed E-state index contributed by atoms with van der Waals surface area (Å²) < 4.78 is 92.5. The lowest BCUT2D eigenvalue weighted by Crippen LogP contribution is -2.64. The zero-order valence-corrected chi connectivity index (χ0v) is 19.4. The van der Waals surface area contributed by atoms with Gasteiger partial charge < -0.3 is 14.5 Å². The Morgan fingerprint density at radius 1 is 1.14 bits per heavy atom. The number of carbonyl (C=O) groups excluding carboxylic acids is 1. The van der Waals surface area contributed by atoms with Crippen molar-refractivity contribution in [3.05, 3.63) is 53.9 Å². The van der Waals surface area contributed by atoms with Gasteiger partial charge in [0.2, 0.25) is 0 Å². The van der Waals surface area contributed by atoms with Crippen molar-refractivity contribution >= 4 is 11.9 Å². The minimum absolute atomic E-state index is 0.0438. The molecule has 2 saturated heterocycles. The van der Waals surface area contributed by atoms with E-state index in [9.17, 15) is 18.0 Å². The highest BCUT2D eigenvalue weighted by Gasteiger charge is 2.54. The zero-order valence-electron chi connectivity index (χ0n) is 25.4. The Balaban J connectivity index is 1.13. The molecule has 1 aliphatic carbocycles. The molecule has 3 fully saturated rings. The van der Waals surface area contributed by atoms with Gasteiger partial charge in [-0.05, 0) is 32.3 Å². The number of benzene rings is 1. The molecule has 1 unspecified atom stereocenters. The van der Waals surface area contributed by atoms with E-state index in [1.165, 1.54) is 0 Å². The number of amides is 1. The number of carbonyl (C=O) groups is 1. The van der Waals surface area contributed by atoms with Crippen LogP contribution in [0.25, 0.3) is 0 Å². The van der Waals surface area contributed by atoms with Crippen molar-refractivity contribution in [2.45, 2.75) is 57.6 Å². The highest BCUT2D eigenvalue weighted by Crippen LogP contribution is 2.50. The normalized spacial score (nSPS) is 28.0. The monoisotopic (exact) mass is 495 g/mol. The van der Waals surface area contributed by atoms with Gasteiger partial charge >= 0.3 is 12.3 Å². The molecule has 1 spiro atoms. The van der Waals surface area contributed by atoms with E-state index in [0.29, 0.717) is 51.0 Å². The van der Waals surface area contributed by atoms with Crippen LogP contribution >= 0.6 is 0 Å². The van der Waals surface area contributed by atoms with Crippen molar-refractivity contribution in [1.29, 1.82) is 0 Å². The molecule has 7 nitrogen and oxygen atoms in total. The molecule has 2 aliphatic heterocycles. The van der Waals surface area contributed by atoms with E-state index >= 15 is 0 Å². The minimum Gasteiger partial charge on any atom is -0.446 e. The van der Waals surface area contributed by atoms with Gasteiger partial charge in [-0.3, -0.25) is 4.90 Å². The number of likely N-dealkylation sites (tertiary alicyclic amines) is 1. The van der Waals surface area contributed by atoms with Crippen LogP contribution in [-0.4, -0.2) is 70.2 Å². The number of rotatable bonds is 4. The Morgan fingerprint density at radius 2 is 1.86 bits per heavy atom. The maximum Gasteiger partial charge on any atom is 0.434 e. The van der Waals surface area contributed by atoms with Crippen LogP contribution in [0.1, 0.15) is 46.2 Å². The van der Waals surface area contributed by atoms with Crippen LogP contribution < -0.4 is 4.90 Å². The molecule has 1 aromatic heterocycles. The van der Waals surface area contributed by atoms with E-state index in [-0.39, 0.29) is 41.3 Å². The Kier molecular flexibility index (Phi) is 4.49. The highest BCUT2D eigenvalue weighted by atomic mass is 19.4. The van der Waals surface area contributed by atoms with Crippen LogP contribution in [-0.2, 0) is 17.4 Å². The number of anilines is 1. The third-order valence-corrected chi connectivity index (χ3v) is 6.94. The van der Waals surface area contributed by atoms with Crippen LogP contribution in [0.4, 0.5) is 23.8 Å². The average molecular weight is 496 g/mol. The fraction of sp³-hybridized carbons (Fsp3) is 0.560. The summed E-state index contributed by atoms with van der Waals surface area (Å²) in [5, 5.41) is 0. The van der Waals surface area contributed by atoms with Crippen molar-refractivity contribution in [3.63, 3.8) is 0 Å². The quantitative estimate of drug-likeness (QED) is 0.634. The van der Waals surface area contributed by atoms with Crippen molar-refractivity contribution < 1.29 is 30.9 Å². The van der Waals surface area contributed by atoms with Crippen LogP contribution in [0.5, 0.6) is 0 Å². The second-order valence-corrected chi connectivity index (χ2v) is 9.75. The molecular formula is C25H30F3N5O2. The fourth-order valence-electron chi connectivity index (χ4n) is 5.19. The SMILES string of the molecule is [2H]c1c([2H])c([2H])c(C([2H])N2CC3(CC(OC(=O)N4C[C@H](C)N(c5cnc(C(F)(F)F)cn5)C[C@H]4C)C3)C2)c([2H])c1[2H]. The van der Waals surface area contributed by atoms with Gasteiger partial charge in [0.1, 0.15) is 11.9 Å². The van der Waals surface area contributed by atoms with Gasteiger partial charge in [0.05, 0.1) is 19.2 Å². The van der Waals surface area contributed by atoms with Gasteiger partial charge in [-0.1, -0.05) is 30.2 Å². The summed E-state index contributed by atoms with van der Waals surface area (Å²) in [6, 6.07) is -2.65. The summed E-state index contributed by atoms with van der Waals surface area (Å²) in [5.41, 5.74) is -1.25. The first kappa shape index (κ1) is 17.5. The van der Waals surface area contributed by atoms with E-state index in [0.717, 1.165) is 6.20 Å². The summed E-state index contributed by atoms with van der Waals surface area (Å²) in [6.07, 6.45) is -2.32. The molecular weight excluding hydrogens is 459 g/mol. The minimum atomic E-state index is -4.57. The second kappa shape index (κ2) is 8.96. The van der Waals surface area contributed by atoms with Gasteiger partial charge in [-0.15, -0.1) is 0 Å². The predicted molar refractivity (Wildman–Crippen MR) is 124 cm³/mol. The first-order valence-electron chi connectivity index (χ1n) is 14.6. The number of alkyl halides is 3. The molecule has 3 heterocycles. The van der Waals surface area contributed by atoms with Crippen molar-refractivity contribution in [3.8, 4) is 0 Å². The molecule has 1 amide bonds. The smallest absolute Gasteiger partial charge is 0.434 e. The molecule has 2 aromatic rings. The maximum absolute atomic E-state index is 13.0. The summed E-state index contributed by atoms with van der Waals surface area (Å²) in [6.45, 7) is 4.23. The third-order valence-electron chi connectivity index (χ3n) is 6.94. The maximum atomic E-state index is 13.0. The van der Waals surface area contributed by atoms with Crippen molar-refractivity contribution in [2.24, 2.45) is 5.41 Å². The number of hydrogen-bond acceptors (Lipinski definition) is 6. The molecule has 10 heteroatoms. The van der Waals surface area contributed by atoms with Gasteiger partial charge in [0.15, 0.2) is 5.69 Å². The lowest BCUT2D eigenvalue weighted by molar-refractivity contribution is -0.141. The molecule has 188 valence electrons. The molecule has 1 saturated carbocycles. The first-order chi connectivity index (χ1) is 19.1. The van der Waals surface area contributed by atoms with Gasteiger partial charge in [-0.25, -0.2) is 14.8 Å². The number of piperazine rings is 1. The molecule has 3 atom stereocenters. The van der Waals surface area contributed by atoms with Gasteiger partial charge in [-0.2, -0.15) is 13.2 Å². The molecule has 1 aromatic carbocycles. The van der Waals surface area contributed by atoms with E-state index in [4.69, 9.17) is 13.0 Å². The van der Waals surface area contributed by atoms with E-state index < -0.39 is 42.6 Å². The summed E-state index contributed by atoms with van der Waals surface area (Å²) >= 11 is 0. The third kappa shape index (κ3) is 4.94. The number of halogens is 3. The first-order valence-corrected chi connectivity index (χ1v) is 11.5. The largest absolute Gasteiger partial charge is 0.446 e. The van der Waals surface area contributed by atoms with E-state index in [1.807, 2.05) is 18.7 Å². The van der Waals surface area contributed by atoms with Gasteiger partial charge in [0, 0.05) is 51.6 Å². The molecule has 0 bridgehead atoms. The lowest BCUT2D eigenvalue weighted by Gasteiger charge is -2.58. The second-order valence-electron chi connectivity index (χ2n) is 9.75. The summed E-state index contributed by atoms with van der Waals surface area (Å²) in [7, 11) is 0. The number of nitrogens with zero attached hydrogens (tertiary/aromatic N) is 5. The summed E-state index contributed by atoms with van der Waals surface area (Å²) in [4.78, 5) is 25.6.